The van der Waals surface area contributed by atoms with Gasteiger partial charge in [0, 0.05) is 18.2 Å². The largest absolute Gasteiger partial charge is 0.356 e. The third-order valence-corrected chi connectivity index (χ3v) is 7.42. The molecule has 0 aliphatic rings. The average molecular weight is 331 g/mol. The first-order valence-corrected chi connectivity index (χ1v) is 9.66. The summed E-state index contributed by atoms with van der Waals surface area (Å²) in [5.74, 6) is -5.03. The number of halogens is 2. The van der Waals surface area contributed by atoms with Crippen molar-refractivity contribution in [3.8, 4) is 0 Å². The Morgan fingerprint density at radius 1 is 1.35 bits per heavy atom. The van der Waals surface area contributed by atoms with Crippen LogP contribution >= 0.6 is 18.1 Å². The molecule has 0 aromatic carbocycles. The summed E-state index contributed by atoms with van der Waals surface area (Å²) >= 11 is 0.928. The van der Waals surface area contributed by atoms with Crippen molar-refractivity contribution in [3.63, 3.8) is 0 Å². The second kappa shape index (κ2) is 7.76. The molecule has 0 aliphatic heterocycles. The summed E-state index contributed by atoms with van der Waals surface area (Å²) in [6.45, 7) is 5.44. The number of hydrogen-bond donors (Lipinski definition) is 0. The van der Waals surface area contributed by atoms with Crippen LogP contribution in [-0.2, 0) is 13.9 Å². The van der Waals surface area contributed by atoms with Crippen LogP contribution in [0.3, 0.4) is 0 Å². The van der Waals surface area contributed by atoms with E-state index >= 15 is 0 Å². The van der Waals surface area contributed by atoms with E-state index < -0.39 is 24.6 Å². The Labute approximate surface area is 123 Å². The molecule has 0 aliphatic carbocycles. The van der Waals surface area contributed by atoms with Gasteiger partial charge >= 0.3 is 18.6 Å². The van der Waals surface area contributed by atoms with Gasteiger partial charge in [-0.25, -0.2) is 0 Å². The van der Waals surface area contributed by atoms with Crippen molar-refractivity contribution in [2.24, 2.45) is 0 Å². The molecule has 1 atom stereocenters. The fourth-order valence-corrected chi connectivity index (χ4v) is 6.74. The van der Waals surface area contributed by atoms with E-state index in [4.69, 9.17) is 4.52 Å². The second-order valence-corrected chi connectivity index (χ2v) is 9.88. The molecule has 0 aromatic rings. The van der Waals surface area contributed by atoms with Gasteiger partial charge in [-0.15, -0.1) is 0 Å². The van der Waals surface area contributed by atoms with Crippen LogP contribution in [0.2, 0.25) is 0 Å². The number of nitrogens with zero attached hydrogens (tertiary/aromatic N) is 1. The first kappa shape index (κ1) is 19.9. The summed E-state index contributed by atoms with van der Waals surface area (Å²) < 4.78 is 45.6. The van der Waals surface area contributed by atoms with Gasteiger partial charge in [0.2, 0.25) is 0 Å². The summed E-state index contributed by atoms with van der Waals surface area (Å²) in [6.07, 6.45) is 0.589. The third kappa shape index (κ3) is 5.70. The van der Waals surface area contributed by atoms with Crippen molar-refractivity contribution < 1.29 is 22.7 Å². The Bertz CT molecular complexity index is 372. The highest BCUT2D eigenvalue weighted by Gasteiger charge is 2.47. The number of carbonyl (C=O) groups is 1. The van der Waals surface area contributed by atoms with Gasteiger partial charge in [0.25, 0.3) is 0 Å². The minimum Gasteiger partial charge on any atom is -0.306 e. The summed E-state index contributed by atoms with van der Waals surface area (Å²) in [4.78, 5) is 11.9. The zero-order valence-corrected chi connectivity index (χ0v) is 14.6. The predicted molar refractivity (Wildman–Crippen MR) is 79.2 cm³/mol. The molecule has 0 radical (unpaired) electrons. The lowest BCUT2D eigenvalue weighted by Gasteiger charge is -2.35. The van der Waals surface area contributed by atoms with E-state index in [1.165, 1.54) is 0 Å². The molecule has 8 heteroatoms. The van der Waals surface area contributed by atoms with E-state index in [-0.39, 0.29) is 11.9 Å². The Balaban J connectivity index is 5.55. The van der Waals surface area contributed by atoms with Gasteiger partial charge in [0.05, 0.1) is 6.61 Å². The molecule has 0 saturated carbocycles. The van der Waals surface area contributed by atoms with Crippen LogP contribution in [0.4, 0.5) is 8.78 Å². The topological polar surface area (TPSA) is 46.6 Å². The number of hydrogen-bond acceptors (Lipinski definition) is 4. The van der Waals surface area contributed by atoms with Gasteiger partial charge in [-0.1, -0.05) is 20.8 Å². The van der Waals surface area contributed by atoms with Crippen molar-refractivity contribution in [3.05, 3.63) is 0 Å². The molecule has 0 saturated heterocycles. The van der Waals surface area contributed by atoms with Crippen molar-refractivity contribution in [2.45, 2.75) is 65.2 Å². The summed E-state index contributed by atoms with van der Waals surface area (Å²) in [7, 11) is 0. The smallest absolute Gasteiger partial charge is 0.306 e. The summed E-state index contributed by atoms with van der Waals surface area (Å²) in [5, 5.41) is -0.114. The quantitative estimate of drug-likeness (QED) is 0.612. The van der Waals surface area contributed by atoms with Gasteiger partial charge in [-0.05, 0) is 31.7 Å². The lowest BCUT2D eigenvalue weighted by molar-refractivity contribution is -0.151. The molecule has 20 heavy (non-hydrogen) atoms. The molecule has 0 spiro atoms. The van der Waals surface area contributed by atoms with E-state index in [2.05, 4.69) is 0 Å². The maximum absolute atomic E-state index is 13.3. The maximum Gasteiger partial charge on any atom is 0.356 e. The zero-order chi connectivity index (χ0) is 16.1. The number of amides is 1. The van der Waals surface area contributed by atoms with Gasteiger partial charge < -0.3 is 4.52 Å². The molecule has 4 nitrogen and oxygen atoms in total. The standard InChI is InChI=1S/C12H24F2NO3PS/c1-7-8-18-19(17,20-10(4)5)15(9(2)3)11(16)12(6,13)14/h9-10H,7-8H2,1-6H3. The molecular weight excluding hydrogens is 307 g/mol. The monoisotopic (exact) mass is 331 g/mol. The molecule has 1 unspecified atom stereocenters. The number of carbonyl (C=O) groups excluding carboxylic acids is 1. The average Bonchev–Trinajstić information content (AvgIpc) is 2.23. The first-order chi connectivity index (χ1) is 8.95. The van der Waals surface area contributed by atoms with Gasteiger partial charge in [0.15, 0.2) is 0 Å². The number of alkyl halides is 2. The third-order valence-electron chi connectivity index (χ3n) is 2.14. The lowest BCUT2D eigenvalue weighted by atomic mass is 10.3. The van der Waals surface area contributed by atoms with Gasteiger partial charge in [0.1, 0.15) is 0 Å². The normalized spacial score (nSPS) is 15.5. The van der Waals surface area contributed by atoms with Crippen molar-refractivity contribution >= 4 is 24.0 Å². The van der Waals surface area contributed by atoms with Crippen LogP contribution in [-0.4, -0.2) is 34.4 Å². The Kier molecular flexibility index (Phi) is 7.71. The van der Waals surface area contributed by atoms with Crippen molar-refractivity contribution in [1.82, 2.24) is 4.67 Å². The molecule has 120 valence electrons. The molecule has 0 fully saturated rings. The SMILES string of the molecule is CCCOP(=O)(SC(C)C)N(C(=O)C(C)(F)F)C(C)C. The molecule has 0 bridgehead atoms. The first-order valence-electron chi connectivity index (χ1n) is 6.60. The van der Waals surface area contributed by atoms with E-state index in [0.717, 1.165) is 11.4 Å². The summed E-state index contributed by atoms with van der Waals surface area (Å²) in [6, 6.07) is -0.637. The van der Waals surface area contributed by atoms with E-state index in [1.807, 2.05) is 6.92 Å². The van der Waals surface area contributed by atoms with E-state index in [0.29, 0.717) is 18.0 Å². The van der Waals surface area contributed by atoms with Crippen molar-refractivity contribution in [1.29, 1.82) is 0 Å². The van der Waals surface area contributed by atoms with Crippen LogP contribution in [0, 0.1) is 0 Å². The van der Waals surface area contributed by atoms with Gasteiger partial charge in [-0.2, -0.15) is 8.78 Å². The van der Waals surface area contributed by atoms with Crippen LogP contribution < -0.4 is 0 Å². The highest BCUT2D eigenvalue weighted by molar-refractivity contribution is 8.56. The Morgan fingerprint density at radius 3 is 2.15 bits per heavy atom. The molecule has 0 heterocycles. The maximum atomic E-state index is 13.3. The van der Waals surface area contributed by atoms with Crippen LogP contribution in [0.15, 0.2) is 0 Å². The van der Waals surface area contributed by atoms with Crippen molar-refractivity contribution in [2.75, 3.05) is 6.61 Å². The molecule has 0 rings (SSSR count). The highest BCUT2D eigenvalue weighted by Crippen LogP contribution is 2.65. The second-order valence-electron chi connectivity index (χ2n) is 5.09. The number of rotatable bonds is 8. The van der Waals surface area contributed by atoms with E-state index in [9.17, 15) is 18.1 Å². The fraction of sp³-hybridized carbons (Fsp3) is 0.917. The lowest BCUT2D eigenvalue weighted by Crippen LogP contribution is -2.43. The van der Waals surface area contributed by atoms with Crippen LogP contribution in [0.25, 0.3) is 0 Å². The molecular formula is C12H24F2NO3PS. The molecule has 0 aromatic heterocycles. The van der Waals surface area contributed by atoms with Gasteiger partial charge in [-0.3, -0.25) is 14.0 Å². The molecule has 0 N–H and O–H groups in total. The Morgan fingerprint density at radius 2 is 1.85 bits per heavy atom. The van der Waals surface area contributed by atoms with Crippen LogP contribution in [0.1, 0.15) is 48.0 Å². The van der Waals surface area contributed by atoms with E-state index in [1.54, 1.807) is 27.7 Å². The minimum atomic E-state index is -3.69. The zero-order valence-electron chi connectivity index (χ0n) is 12.9. The Hall–Kier alpha value is -0.130. The summed E-state index contributed by atoms with van der Waals surface area (Å²) in [5.41, 5.74) is 0. The minimum absolute atomic E-state index is 0.114. The highest BCUT2D eigenvalue weighted by atomic mass is 32.7. The predicted octanol–water partition coefficient (Wildman–Crippen LogP) is 4.55. The van der Waals surface area contributed by atoms with Crippen LogP contribution in [0.5, 0.6) is 0 Å². The fourth-order valence-electron chi connectivity index (χ4n) is 1.45. The molecule has 1 amide bonds.